The van der Waals surface area contributed by atoms with E-state index in [4.69, 9.17) is 19.7 Å². The highest BCUT2D eigenvalue weighted by Gasteiger charge is 2.24. The van der Waals surface area contributed by atoms with E-state index in [0.29, 0.717) is 0 Å². The van der Waals surface area contributed by atoms with Gasteiger partial charge in [0.2, 0.25) is 5.91 Å². The van der Waals surface area contributed by atoms with Crippen molar-refractivity contribution < 1.29 is 48.8 Å². The smallest absolute Gasteiger partial charge is 0.347 e. The number of carboxylic acid groups (broad SMARTS) is 2. The summed E-state index contributed by atoms with van der Waals surface area (Å²) in [6.45, 7) is 6.01. The number of ether oxygens (including phenoxy) is 2. The van der Waals surface area contributed by atoms with Crippen LogP contribution in [0, 0.1) is 5.41 Å². The van der Waals surface area contributed by atoms with Gasteiger partial charge in [-0.15, -0.1) is 0 Å². The third-order valence-corrected chi connectivity index (χ3v) is 7.25. The number of esters is 2. The summed E-state index contributed by atoms with van der Waals surface area (Å²) >= 11 is 0. The molecule has 0 radical (unpaired) electrons. The van der Waals surface area contributed by atoms with Crippen LogP contribution in [0.2, 0.25) is 0 Å². The minimum absolute atomic E-state index is 0.0253. The molecule has 0 aliphatic heterocycles. The Hall–Kier alpha value is -5.97. The zero-order valence-electron chi connectivity index (χ0n) is 32.0. The summed E-state index contributed by atoms with van der Waals surface area (Å²) in [6.07, 6.45) is 31.1. The van der Waals surface area contributed by atoms with Crippen LogP contribution in [0.4, 0.5) is 0 Å². The Bertz CT molecular complexity index is 1680. The minimum atomic E-state index is -1.19. The number of hydrogen-bond acceptors (Lipinski definition) is 8. The summed E-state index contributed by atoms with van der Waals surface area (Å²) in [4.78, 5) is 57.1. The molecular formula is C44H55NO10. The second-order valence-electron chi connectivity index (χ2n) is 12.8. The normalized spacial score (nSPS) is 11.8. The van der Waals surface area contributed by atoms with Crippen LogP contribution in [0.1, 0.15) is 99.3 Å². The maximum Gasteiger partial charge on any atom is 0.347 e. The van der Waals surface area contributed by atoms with Crippen molar-refractivity contribution in [2.75, 3.05) is 13.2 Å². The van der Waals surface area contributed by atoms with Gasteiger partial charge in [0, 0.05) is 18.4 Å². The van der Waals surface area contributed by atoms with Crippen LogP contribution < -0.4 is 10.1 Å². The Morgan fingerprint density at radius 3 is 1.69 bits per heavy atom. The fourth-order valence-electron chi connectivity index (χ4n) is 4.43. The molecule has 0 heterocycles. The molecule has 4 N–H and O–H groups in total. The average molecular weight is 758 g/mol. The standard InChI is InChI=1S/C30H45NO5.C14H10O5/c1-4-5-6-7-8-9-10-11-12-13-14-15-16-17-18-19-20-21-22-29(35)36-26-30(2,3)25-27(32)31-24-23-28(33)34;15-11-7-3-1-5-9(11)14(18)19-12-8-4-2-6-10(12)13(16)17/h5-6,8-9,11-12,14-15,17-18,20-21H,4,7,10,13,16,19,22-26H2,1-3H3,(H,31,32)(H,33,34);1-8,15H,(H,16,17)/b6-5-,9-8-,12-11-,15-14-,18-17-,21-20-;. The number of phenolic OH excluding ortho intramolecular Hbond substituents is 1. The molecule has 2 rings (SSSR count). The Morgan fingerprint density at radius 1 is 0.691 bits per heavy atom. The third-order valence-electron chi connectivity index (χ3n) is 7.25. The number of phenols is 1. The number of amides is 1. The van der Waals surface area contributed by atoms with Crippen LogP contribution in [0.25, 0.3) is 0 Å². The van der Waals surface area contributed by atoms with Gasteiger partial charge < -0.3 is 30.1 Å². The quantitative estimate of drug-likeness (QED) is 0.0486. The fraction of sp³-hybridized carbons (Fsp3) is 0.341. The van der Waals surface area contributed by atoms with E-state index in [1.807, 2.05) is 19.9 Å². The second kappa shape index (κ2) is 28.5. The minimum Gasteiger partial charge on any atom is -0.507 e. The van der Waals surface area contributed by atoms with Gasteiger partial charge in [0.25, 0.3) is 0 Å². The van der Waals surface area contributed by atoms with Gasteiger partial charge in [-0.25, -0.2) is 9.59 Å². The van der Waals surface area contributed by atoms with Gasteiger partial charge in [0.15, 0.2) is 0 Å². The first-order valence-corrected chi connectivity index (χ1v) is 18.2. The first-order valence-electron chi connectivity index (χ1n) is 18.2. The lowest BCUT2D eigenvalue weighted by molar-refractivity contribution is -0.147. The van der Waals surface area contributed by atoms with Crippen LogP contribution >= 0.6 is 0 Å². The summed E-state index contributed by atoms with van der Waals surface area (Å²) in [5.74, 6) is -3.85. The number of carboxylic acids is 2. The lowest BCUT2D eigenvalue weighted by Gasteiger charge is -2.23. The molecular weight excluding hydrogens is 702 g/mol. The summed E-state index contributed by atoms with van der Waals surface area (Å²) in [7, 11) is 0. The molecule has 11 heteroatoms. The molecule has 0 bridgehead atoms. The zero-order chi connectivity index (χ0) is 40.7. The molecule has 11 nitrogen and oxygen atoms in total. The fourth-order valence-corrected chi connectivity index (χ4v) is 4.43. The lowest BCUT2D eigenvalue weighted by Crippen LogP contribution is -2.33. The second-order valence-corrected chi connectivity index (χ2v) is 12.8. The summed E-state index contributed by atoms with van der Waals surface area (Å²) in [5.41, 5.74) is -0.671. The van der Waals surface area contributed by atoms with Crippen molar-refractivity contribution in [1.82, 2.24) is 5.32 Å². The molecule has 0 atom stereocenters. The molecule has 1 amide bonds. The van der Waals surface area contributed by atoms with E-state index >= 15 is 0 Å². The van der Waals surface area contributed by atoms with Gasteiger partial charge in [-0.2, -0.15) is 0 Å². The molecule has 0 saturated carbocycles. The van der Waals surface area contributed by atoms with Crippen LogP contribution in [0.5, 0.6) is 11.5 Å². The van der Waals surface area contributed by atoms with E-state index in [2.05, 4.69) is 73.0 Å². The van der Waals surface area contributed by atoms with E-state index in [9.17, 15) is 29.1 Å². The van der Waals surface area contributed by atoms with Crippen molar-refractivity contribution in [2.24, 2.45) is 5.41 Å². The monoisotopic (exact) mass is 757 g/mol. The Morgan fingerprint density at radius 2 is 1.18 bits per heavy atom. The largest absolute Gasteiger partial charge is 0.507 e. The number of aliphatic carboxylic acids is 1. The number of hydrogen-bond donors (Lipinski definition) is 4. The number of allylic oxidation sites excluding steroid dienone is 11. The average Bonchev–Trinajstić information content (AvgIpc) is 3.13. The number of aromatic hydroxyl groups is 1. The zero-order valence-corrected chi connectivity index (χ0v) is 32.0. The third kappa shape index (κ3) is 24.1. The van der Waals surface area contributed by atoms with Crippen molar-refractivity contribution in [3.05, 3.63) is 133 Å². The number of aromatic carboxylic acids is 1. The SMILES string of the molecule is CC/C=C\C/C=C\C/C=C\C/C=C\C/C=C\C/C=C\CC(=O)OCC(C)(C)CC(=O)NCCC(=O)O.O=C(Oc1ccccc1C(=O)O)c1ccccc1O. The van der Waals surface area contributed by atoms with Crippen molar-refractivity contribution in [3.63, 3.8) is 0 Å². The van der Waals surface area contributed by atoms with E-state index in [1.54, 1.807) is 24.3 Å². The highest BCUT2D eigenvalue weighted by molar-refractivity contribution is 5.96. The molecule has 0 unspecified atom stereocenters. The highest BCUT2D eigenvalue weighted by Crippen LogP contribution is 2.23. The molecule has 0 aliphatic carbocycles. The lowest BCUT2D eigenvalue weighted by atomic mass is 9.90. The maximum absolute atomic E-state index is 11.9. The predicted molar refractivity (Wildman–Crippen MR) is 214 cm³/mol. The van der Waals surface area contributed by atoms with Crippen molar-refractivity contribution in [3.8, 4) is 11.5 Å². The number of carbonyl (C=O) groups is 5. The van der Waals surface area contributed by atoms with Crippen molar-refractivity contribution >= 4 is 29.8 Å². The molecule has 0 spiro atoms. The van der Waals surface area contributed by atoms with Gasteiger partial charge in [-0.3, -0.25) is 14.4 Å². The molecule has 0 aliphatic rings. The number of carbonyl (C=O) groups excluding carboxylic acids is 3. The topological polar surface area (TPSA) is 177 Å². The molecule has 0 fully saturated rings. The number of rotatable bonds is 23. The molecule has 0 saturated heterocycles. The van der Waals surface area contributed by atoms with Gasteiger partial charge in [0.05, 0.1) is 19.4 Å². The van der Waals surface area contributed by atoms with E-state index in [0.717, 1.165) is 38.5 Å². The Balaban J connectivity index is 0.000000659. The summed E-state index contributed by atoms with van der Waals surface area (Å²) in [6, 6.07) is 11.7. The highest BCUT2D eigenvalue weighted by atomic mass is 16.5. The van der Waals surface area contributed by atoms with E-state index in [-0.39, 0.29) is 66.9 Å². The van der Waals surface area contributed by atoms with Crippen LogP contribution in [0.3, 0.4) is 0 Å². The first kappa shape index (κ1) is 47.1. The summed E-state index contributed by atoms with van der Waals surface area (Å²) < 4.78 is 10.3. The molecule has 55 heavy (non-hydrogen) atoms. The predicted octanol–water partition coefficient (Wildman–Crippen LogP) is 8.93. The van der Waals surface area contributed by atoms with Gasteiger partial charge >= 0.3 is 23.9 Å². The van der Waals surface area contributed by atoms with Crippen LogP contribution in [-0.2, 0) is 19.1 Å². The summed E-state index contributed by atoms with van der Waals surface area (Å²) in [5, 5.41) is 29.6. The van der Waals surface area contributed by atoms with Crippen LogP contribution in [-0.4, -0.2) is 58.3 Å². The maximum atomic E-state index is 11.9. The van der Waals surface area contributed by atoms with Crippen LogP contribution in [0.15, 0.2) is 121 Å². The first-order chi connectivity index (χ1) is 26.4. The number of para-hydroxylation sites is 2. The van der Waals surface area contributed by atoms with E-state index < -0.39 is 23.3 Å². The van der Waals surface area contributed by atoms with Crippen molar-refractivity contribution in [1.29, 1.82) is 0 Å². The Kier molecular flexibility index (Phi) is 24.4. The molecule has 2 aromatic rings. The van der Waals surface area contributed by atoms with Gasteiger partial charge in [-0.1, -0.05) is 118 Å². The van der Waals surface area contributed by atoms with Gasteiger partial charge in [0.1, 0.15) is 22.6 Å². The van der Waals surface area contributed by atoms with Gasteiger partial charge in [-0.05, 0) is 62.8 Å². The molecule has 296 valence electrons. The number of nitrogens with one attached hydrogen (secondary N) is 1. The molecule has 2 aromatic carbocycles. The Labute approximate surface area is 324 Å². The molecule has 0 aromatic heterocycles. The van der Waals surface area contributed by atoms with E-state index in [1.165, 1.54) is 30.3 Å². The number of benzene rings is 2. The van der Waals surface area contributed by atoms with Crippen molar-refractivity contribution in [2.45, 2.75) is 78.6 Å².